The summed E-state index contributed by atoms with van der Waals surface area (Å²) in [6, 6.07) is 7.58. The molecule has 0 aliphatic heterocycles. The number of carboxylic acid groups (broad SMARTS) is 1. The number of rotatable bonds is 8. The fraction of sp³-hybridized carbons (Fsp3) is 0.357. The Morgan fingerprint density at radius 2 is 2.11 bits per heavy atom. The Labute approximate surface area is 107 Å². The minimum absolute atomic E-state index is 0.476. The van der Waals surface area contributed by atoms with E-state index in [1.165, 1.54) is 0 Å². The maximum absolute atomic E-state index is 10.5. The van der Waals surface area contributed by atoms with Crippen molar-refractivity contribution in [3.05, 3.63) is 41.5 Å². The molecule has 1 aromatic rings. The summed E-state index contributed by atoms with van der Waals surface area (Å²) in [5.41, 5.74) is 1.85. The van der Waals surface area contributed by atoms with Crippen molar-refractivity contribution in [2.24, 2.45) is 0 Å². The van der Waals surface area contributed by atoms with E-state index in [1.54, 1.807) is 13.2 Å². The molecule has 0 aromatic heterocycles. The fourth-order valence-corrected chi connectivity index (χ4v) is 1.48. The van der Waals surface area contributed by atoms with Gasteiger partial charge < -0.3 is 14.6 Å². The van der Waals surface area contributed by atoms with Crippen LogP contribution >= 0.6 is 0 Å². The van der Waals surface area contributed by atoms with Crippen molar-refractivity contribution < 1.29 is 19.4 Å². The van der Waals surface area contributed by atoms with E-state index in [2.05, 4.69) is 0 Å². The maximum Gasteiger partial charge on any atom is 0.328 e. The predicted octanol–water partition coefficient (Wildman–Crippen LogP) is 2.34. The number of carboxylic acids is 1. The Balaban J connectivity index is 2.51. The monoisotopic (exact) mass is 250 g/mol. The summed E-state index contributed by atoms with van der Waals surface area (Å²) < 4.78 is 10.4. The van der Waals surface area contributed by atoms with E-state index >= 15 is 0 Å². The zero-order valence-corrected chi connectivity index (χ0v) is 10.5. The first-order valence-electron chi connectivity index (χ1n) is 5.79. The van der Waals surface area contributed by atoms with Crippen LogP contribution in [-0.4, -0.2) is 31.4 Å². The zero-order valence-electron chi connectivity index (χ0n) is 10.5. The van der Waals surface area contributed by atoms with Crippen LogP contribution < -0.4 is 0 Å². The molecule has 4 nitrogen and oxygen atoms in total. The average molecular weight is 250 g/mol. The first kappa shape index (κ1) is 14.4. The van der Waals surface area contributed by atoms with Gasteiger partial charge >= 0.3 is 5.97 Å². The van der Waals surface area contributed by atoms with Crippen LogP contribution in [0.25, 0.3) is 6.08 Å². The third-order valence-corrected chi connectivity index (χ3v) is 2.36. The van der Waals surface area contributed by atoms with Gasteiger partial charge in [0.1, 0.15) is 0 Å². The molecule has 4 heteroatoms. The molecule has 18 heavy (non-hydrogen) atoms. The van der Waals surface area contributed by atoms with Crippen LogP contribution in [0.4, 0.5) is 0 Å². The molecule has 0 unspecified atom stereocenters. The molecule has 1 rings (SSSR count). The Bertz CT molecular complexity index is 399. The second-order valence-electron chi connectivity index (χ2n) is 3.77. The quantitative estimate of drug-likeness (QED) is 0.568. The number of aliphatic carboxylic acids is 1. The van der Waals surface area contributed by atoms with Crippen molar-refractivity contribution in [2.45, 2.75) is 13.0 Å². The Morgan fingerprint density at radius 1 is 1.33 bits per heavy atom. The molecular weight excluding hydrogens is 232 g/mol. The lowest BCUT2D eigenvalue weighted by molar-refractivity contribution is -0.131. The van der Waals surface area contributed by atoms with Gasteiger partial charge in [-0.25, -0.2) is 4.79 Å². The van der Waals surface area contributed by atoms with Crippen molar-refractivity contribution in [2.75, 3.05) is 20.3 Å². The van der Waals surface area contributed by atoms with Gasteiger partial charge in [-0.3, -0.25) is 0 Å². The van der Waals surface area contributed by atoms with Gasteiger partial charge in [-0.05, 0) is 23.6 Å². The molecule has 0 spiro atoms. The van der Waals surface area contributed by atoms with Gasteiger partial charge in [-0.1, -0.05) is 24.3 Å². The molecule has 0 saturated heterocycles. The molecule has 1 aromatic carbocycles. The highest BCUT2D eigenvalue weighted by Crippen LogP contribution is 2.12. The summed E-state index contributed by atoms with van der Waals surface area (Å²) in [6.45, 7) is 1.79. The van der Waals surface area contributed by atoms with Crippen molar-refractivity contribution >= 4 is 12.0 Å². The molecule has 0 bridgehead atoms. The number of benzene rings is 1. The van der Waals surface area contributed by atoms with Crippen molar-refractivity contribution in [1.82, 2.24) is 0 Å². The standard InChI is InChI=1S/C14H18O4/c1-17-9-4-10-18-11-13-6-3-2-5-12(13)7-8-14(15)16/h2-3,5-8H,4,9-11H2,1H3,(H,15,16)/b8-7+. The van der Waals surface area contributed by atoms with Crippen molar-refractivity contribution in [3.8, 4) is 0 Å². The van der Waals surface area contributed by atoms with Crippen LogP contribution in [-0.2, 0) is 20.9 Å². The molecule has 0 amide bonds. The summed E-state index contributed by atoms with van der Waals surface area (Å²) >= 11 is 0. The zero-order chi connectivity index (χ0) is 13.2. The van der Waals surface area contributed by atoms with E-state index < -0.39 is 5.97 Å². The normalized spacial score (nSPS) is 10.9. The van der Waals surface area contributed by atoms with Crippen LogP contribution in [0.1, 0.15) is 17.5 Å². The Hall–Kier alpha value is -1.65. The van der Waals surface area contributed by atoms with E-state index in [0.29, 0.717) is 19.8 Å². The molecule has 98 valence electrons. The lowest BCUT2D eigenvalue weighted by Gasteiger charge is -2.07. The largest absolute Gasteiger partial charge is 0.478 e. The summed E-state index contributed by atoms with van der Waals surface area (Å²) in [7, 11) is 1.66. The first-order chi connectivity index (χ1) is 8.74. The molecule has 0 radical (unpaired) electrons. The summed E-state index contributed by atoms with van der Waals surface area (Å²) in [5.74, 6) is -0.953. The highest BCUT2D eigenvalue weighted by atomic mass is 16.5. The lowest BCUT2D eigenvalue weighted by Crippen LogP contribution is -2.00. The van der Waals surface area contributed by atoms with E-state index in [4.69, 9.17) is 14.6 Å². The SMILES string of the molecule is COCCCOCc1ccccc1/C=C/C(=O)O. The second-order valence-corrected chi connectivity index (χ2v) is 3.77. The highest BCUT2D eigenvalue weighted by Gasteiger charge is 1.99. The fourth-order valence-electron chi connectivity index (χ4n) is 1.48. The smallest absolute Gasteiger partial charge is 0.328 e. The van der Waals surface area contributed by atoms with Gasteiger partial charge in [-0.15, -0.1) is 0 Å². The van der Waals surface area contributed by atoms with Crippen LogP contribution in [0.15, 0.2) is 30.3 Å². The average Bonchev–Trinajstić information content (AvgIpc) is 2.37. The Morgan fingerprint density at radius 3 is 2.83 bits per heavy atom. The molecule has 1 N–H and O–H groups in total. The molecule has 0 aliphatic rings. The van der Waals surface area contributed by atoms with Gasteiger partial charge in [0, 0.05) is 26.4 Å². The van der Waals surface area contributed by atoms with E-state index in [9.17, 15) is 4.79 Å². The topological polar surface area (TPSA) is 55.8 Å². The van der Waals surface area contributed by atoms with Gasteiger partial charge in [0.25, 0.3) is 0 Å². The maximum atomic E-state index is 10.5. The van der Waals surface area contributed by atoms with Crippen LogP contribution in [0.2, 0.25) is 0 Å². The molecule has 0 heterocycles. The van der Waals surface area contributed by atoms with E-state index in [0.717, 1.165) is 23.6 Å². The van der Waals surface area contributed by atoms with Crippen LogP contribution in [0, 0.1) is 0 Å². The molecule has 0 fully saturated rings. The molecule has 0 aliphatic carbocycles. The Kier molecular flexibility index (Phi) is 6.76. The minimum Gasteiger partial charge on any atom is -0.478 e. The van der Waals surface area contributed by atoms with Crippen molar-refractivity contribution in [1.29, 1.82) is 0 Å². The van der Waals surface area contributed by atoms with Crippen molar-refractivity contribution in [3.63, 3.8) is 0 Å². The summed E-state index contributed by atoms with van der Waals surface area (Å²) in [5, 5.41) is 8.61. The molecule has 0 atom stereocenters. The lowest BCUT2D eigenvalue weighted by atomic mass is 10.1. The molecular formula is C14H18O4. The minimum atomic E-state index is -0.953. The van der Waals surface area contributed by atoms with Crippen LogP contribution in [0.5, 0.6) is 0 Å². The first-order valence-corrected chi connectivity index (χ1v) is 5.79. The summed E-state index contributed by atoms with van der Waals surface area (Å²) in [4.78, 5) is 10.5. The van der Waals surface area contributed by atoms with Gasteiger partial charge in [0.15, 0.2) is 0 Å². The molecule has 0 saturated carbocycles. The van der Waals surface area contributed by atoms with E-state index in [1.807, 2.05) is 24.3 Å². The number of hydrogen-bond acceptors (Lipinski definition) is 3. The summed E-state index contributed by atoms with van der Waals surface area (Å²) in [6.07, 6.45) is 3.56. The van der Waals surface area contributed by atoms with Gasteiger partial charge in [0.2, 0.25) is 0 Å². The van der Waals surface area contributed by atoms with Gasteiger partial charge in [0.05, 0.1) is 6.61 Å². The van der Waals surface area contributed by atoms with Gasteiger partial charge in [-0.2, -0.15) is 0 Å². The second kappa shape index (κ2) is 8.44. The number of carbonyl (C=O) groups is 1. The number of ether oxygens (including phenoxy) is 2. The predicted molar refractivity (Wildman–Crippen MR) is 69.3 cm³/mol. The third kappa shape index (κ3) is 5.61. The third-order valence-electron chi connectivity index (χ3n) is 2.36. The number of methoxy groups -OCH3 is 1. The highest BCUT2D eigenvalue weighted by molar-refractivity contribution is 5.85. The van der Waals surface area contributed by atoms with Crippen LogP contribution in [0.3, 0.4) is 0 Å². The van der Waals surface area contributed by atoms with E-state index in [-0.39, 0.29) is 0 Å². The number of hydrogen-bond donors (Lipinski definition) is 1.